The summed E-state index contributed by atoms with van der Waals surface area (Å²) in [5.41, 5.74) is 2.00. The first-order valence-electron chi connectivity index (χ1n) is 7.10. The maximum Gasteiger partial charge on any atom is 0.391 e. The molecule has 1 aromatic carbocycles. The van der Waals surface area contributed by atoms with Crippen LogP contribution in [0.25, 0.3) is 0 Å². The number of hydrogen-bond acceptors (Lipinski definition) is 2. The molecule has 5 heteroatoms. The summed E-state index contributed by atoms with van der Waals surface area (Å²) in [6.07, 6.45) is -1.92. The first kappa shape index (κ1) is 13.7. The van der Waals surface area contributed by atoms with Gasteiger partial charge in [0.1, 0.15) is 5.75 Å². The van der Waals surface area contributed by atoms with Crippen LogP contribution in [-0.4, -0.2) is 19.3 Å². The third kappa shape index (κ3) is 2.64. The maximum atomic E-state index is 12.9. The fourth-order valence-electron chi connectivity index (χ4n) is 3.14. The van der Waals surface area contributed by atoms with Gasteiger partial charge in [-0.25, -0.2) is 0 Å². The van der Waals surface area contributed by atoms with Gasteiger partial charge >= 0.3 is 6.18 Å². The Morgan fingerprint density at radius 3 is 2.90 bits per heavy atom. The summed E-state index contributed by atoms with van der Waals surface area (Å²) >= 11 is 0. The number of benzene rings is 1. The number of halogens is 3. The molecule has 0 radical (unpaired) electrons. The molecule has 2 heterocycles. The zero-order valence-corrected chi connectivity index (χ0v) is 11.2. The number of alkyl halides is 3. The van der Waals surface area contributed by atoms with Gasteiger partial charge in [-0.3, -0.25) is 0 Å². The molecule has 20 heavy (non-hydrogen) atoms. The Morgan fingerprint density at radius 2 is 2.10 bits per heavy atom. The van der Waals surface area contributed by atoms with Crippen LogP contribution in [0.2, 0.25) is 0 Å². The van der Waals surface area contributed by atoms with Crippen LogP contribution in [-0.2, 0) is 6.42 Å². The summed E-state index contributed by atoms with van der Waals surface area (Å²) in [5.74, 6) is -0.410. The predicted molar refractivity (Wildman–Crippen MR) is 69.8 cm³/mol. The van der Waals surface area contributed by atoms with Crippen LogP contribution in [0.4, 0.5) is 13.2 Å². The van der Waals surface area contributed by atoms with Crippen LogP contribution >= 0.6 is 0 Å². The van der Waals surface area contributed by atoms with E-state index in [9.17, 15) is 13.2 Å². The number of rotatable bonds is 1. The normalized spacial score (nSPS) is 26.8. The van der Waals surface area contributed by atoms with Crippen molar-refractivity contribution in [3.05, 3.63) is 29.3 Å². The lowest BCUT2D eigenvalue weighted by atomic mass is 9.86. The number of nitrogens with one attached hydrogen (secondary N) is 1. The van der Waals surface area contributed by atoms with Crippen molar-refractivity contribution in [2.45, 2.75) is 37.9 Å². The molecule has 2 unspecified atom stereocenters. The van der Waals surface area contributed by atoms with E-state index in [0.717, 1.165) is 29.7 Å². The van der Waals surface area contributed by atoms with Crippen LogP contribution in [0, 0.1) is 5.92 Å². The van der Waals surface area contributed by atoms with Gasteiger partial charge in [-0.2, -0.15) is 13.2 Å². The van der Waals surface area contributed by atoms with E-state index in [4.69, 9.17) is 4.74 Å². The highest BCUT2D eigenvalue weighted by Gasteiger charge is 2.42. The molecule has 2 aliphatic heterocycles. The first-order valence-corrected chi connectivity index (χ1v) is 7.10. The van der Waals surface area contributed by atoms with Crippen molar-refractivity contribution >= 4 is 0 Å². The molecule has 0 aliphatic carbocycles. The third-order valence-corrected chi connectivity index (χ3v) is 4.21. The summed E-state index contributed by atoms with van der Waals surface area (Å²) in [5, 5.41) is 3.21. The minimum absolute atomic E-state index is 0.101. The first-order chi connectivity index (χ1) is 9.55. The highest BCUT2D eigenvalue weighted by atomic mass is 19.4. The van der Waals surface area contributed by atoms with E-state index in [0.29, 0.717) is 13.2 Å². The molecule has 0 bridgehead atoms. The van der Waals surface area contributed by atoms with Crippen LogP contribution < -0.4 is 10.1 Å². The van der Waals surface area contributed by atoms with Gasteiger partial charge in [-0.15, -0.1) is 0 Å². The van der Waals surface area contributed by atoms with Crippen molar-refractivity contribution in [1.29, 1.82) is 0 Å². The lowest BCUT2D eigenvalue weighted by molar-refractivity contribution is -0.183. The number of aryl methyl sites for hydroxylation is 1. The Hall–Kier alpha value is -1.23. The largest absolute Gasteiger partial charge is 0.493 e. The van der Waals surface area contributed by atoms with E-state index in [-0.39, 0.29) is 18.9 Å². The molecule has 1 aromatic rings. The molecule has 2 aliphatic rings. The Morgan fingerprint density at radius 1 is 1.25 bits per heavy atom. The van der Waals surface area contributed by atoms with Gasteiger partial charge in [-0.05, 0) is 37.8 Å². The molecule has 110 valence electrons. The summed E-state index contributed by atoms with van der Waals surface area (Å²) in [6.45, 7) is 1.05. The predicted octanol–water partition coefficient (Wildman–Crippen LogP) is 3.61. The van der Waals surface area contributed by atoms with Gasteiger partial charge in [0.05, 0.1) is 12.5 Å². The fraction of sp³-hybridized carbons (Fsp3) is 0.600. The van der Waals surface area contributed by atoms with E-state index in [1.54, 1.807) is 0 Å². The topological polar surface area (TPSA) is 21.3 Å². The van der Waals surface area contributed by atoms with Crippen LogP contribution in [0.3, 0.4) is 0 Å². The average molecular weight is 285 g/mol. The number of ether oxygens (including phenoxy) is 1. The fourth-order valence-corrected chi connectivity index (χ4v) is 3.14. The molecule has 2 nitrogen and oxygen atoms in total. The minimum atomic E-state index is -4.10. The highest BCUT2D eigenvalue weighted by Crippen LogP contribution is 2.41. The standard InChI is InChI=1S/C15H18F3NO/c16-15(17,18)11-6-7-19-13(9-11)12-5-1-3-10-4-2-8-20-14(10)12/h1,3,5,11,13,19H,2,4,6-9H2. The molecule has 1 fully saturated rings. The SMILES string of the molecule is FC(F)(F)C1CCNC(c2cccc3c2OCCC3)C1. The Kier molecular flexibility index (Phi) is 3.63. The molecular formula is C15H18F3NO. The van der Waals surface area contributed by atoms with Gasteiger partial charge in [0.2, 0.25) is 0 Å². The summed E-state index contributed by atoms with van der Waals surface area (Å²) in [4.78, 5) is 0. The number of piperidine rings is 1. The van der Waals surface area contributed by atoms with Crippen molar-refractivity contribution in [2.24, 2.45) is 5.92 Å². The van der Waals surface area contributed by atoms with Gasteiger partial charge in [0.15, 0.2) is 0 Å². The van der Waals surface area contributed by atoms with E-state index >= 15 is 0 Å². The molecule has 1 saturated heterocycles. The average Bonchev–Trinajstić information content (AvgIpc) is 2.46. The number of hydrogen-bond donors (Lipinski definition) is 1. The molecule has 0 amide bonds. The maximum absolute atomic E-state index is 12.9. The van der Waals surface area contributed by atoms with Crippen LogP contribution in [0.5, 0.6) is 5.75 Å². The van der Waals surface area contributed by atoms with Crippen molar-refractivity contribution in [3.63, 3.8) is 0 Å². The highest BCUT2D eigenvalue weighted by molar-refractivity contribution is 5.44. The summed E-state index contributed by atoms with van der Waals surface area (Å²) in [7, 11) is 0. The molecule has 1 N–H and O–H groups in total. The van der Waals surface area contributed by atoms with E-state index < -0.39 is 12.1 Å². The molecule has 2 atom stereocenters. The molecule has 3 rings (SSSR count). The lowest BCUT2D eigenvalue weighted by Crippen LogP contribution is -2.38. The number of fused-ring (bicyclic) bond motifs is 1. The Balaban J connectivity index is 1.86. The van der Waals surface area contributed by atoms with Crippen molar-refractivity contribution < 1.29 is 17.9 Å². The van der Waals surface area contributed by atoms with Gasteiger partial charge in [-0.1, -0.05) is 18.2 Å². The Labute approximate surface area is 116 Å². The Bertz CT molecular complexity index is 486. The monoisotopic (exact) mass is 285 g/mol. The lowest BCUT2D eigenvalue weighted by Gasteiger charge is -2.33. The molecule has 0 aromatic heterocycles. The van der Waals surface area contributed by atoms with E-state index in [2.05, 4.69) is 5.32 Å². The van der Waals surface area contributed by atoms with Crippen LogP contribution in [0.15, 0.2) is 18.2 Å². The van der Waals surface area contributed by atoms with Crippen molar-refractivity contribution in [2.75, 3.05) is 13.2 Å². The van der Waals surface area contributed by atoms with Gasteiger partial charge < -0.3 is 10.1 Å². The second kappa shape index (κ2) is 5.28. The van der Waals surface area contributed by atoms with E-state index in [1.807, 2.05) is 18.2 Å². The summed E-state index contributed by atoms with van der Waals surface area (Å²) in [6, 6.07) is 5.55. The van der Waals surface area contributed by atoms with Gasteiger partial charge in [0, 0.05) is 11.6 Å². The molecular weight excluding hydrogens is 267 g/mol. The zero-order valence-electron chi connectivity index (χ0n) is 11.2. The molecule has 0 saturated carbocycles. The smallest absolute Gasteiger partial charge is 0.391 e. The number of para-hydroxylation sites is 1. The van der Waals surface area contributed by atoms with Gasteiger partial charge in [0.25, 0.3) is 0 Å². The van der Waals surface area contributed by atoms with Crippen LogP contribution in [0.1, 0.15) is 36.4 Å². The third-order valence-electron chi connectivity index (χ3n) is 4.21. The minimum Gasteiger partial charge on any atom is -0.493 e. The van der Waals surface area contributed by atoms with Crippen molar-refractivity contribution in [3.8, 4) is 5.75 Å². The zero-order chi connectivity index (χ0) is 14.2. The van der Waals surface area contributed by atoms with Crippen molar-refractivity contribution in [1.82, 2.24) is 5.32 Å². The molecule has 0 spiro atoms. The second-order valence-electron chi connectivity index (χ2n) is 5.56. The summed E-state index contributed by atoms with van der Waals surface area (Å²) < 4.78 is 44.4. The quantitative estimate of drug-likeness (QED) is 0.851. The van der Waals surface area contributed by atoms with E-state index in [1.165, 1.54) is 0 Å². The second-order valence-corrected chi connectivity index (χ2v) is 5.56.